The van der Waals surface area contributed by atoms with Crippen molar-refractivity contribution in [3.05, 3.63) is 59.9 Å². The number of para-hydroxylation sites is 1. The summed E-state index contributed by atoms with van der Waals surface area (Å²) >= 11 is 6.29. The Hall–Kier alpha value is -1.80. The Balaban J connectivity index is 2.35. The maximum Gasteiger partial charge on any atom is 0.132 e. The van der Waals surface area contributed by atoms with Crippen LogP contribution in [-0.4, -0.2) is 9.55 Å². The molecule has 1 heterocycles. The Bertz CT molecular complexity index is 714. The molecule has 0 amide bonds. The zero-order valence-electron chi connectivity index (χ0n) is 11.0. The van der Waals surface area contributed by atoms with E-state index < -0.39 is 0 Å². The molecule has 2 aromatic carbocycles. The standard InChI is InChI=1S/C16H15ClN2/c1-11-8-9-15-14(10-11)18-16(12(2)17)19(15)13-6-4-3-5-7-13/h3-10,12H,1-2H3. The summed E-state index contributed by atoms with van der Waals surface area (Å²) in [6.45, 7) is 4.03. The van der Waals surface area contributed by atoms with Gasteiger partial charge in [0.2, 0.25) is 0 Å². The van der Waals surface area contributed by atoms with Crippen LogP contribution in [0.25, 0.3) is 16.7 Å². The number of benzene rings is 2. The van der Waals surface area contributed by atoms with Crippen LogP contribution in [0.1, 0.15) is 23.7 Å². The van der Waals surface area contributed by atoms with Crippen molar-refractivity contribution in [2.75, 3.05) is 0 Å². The lowest BCUT2D eigenvalue weighted by atomic mass is 10.2. The minimum Gasteiger partial charge on any atom is -0.295 e. The number of halogens is 1. The average Bonchev–Trinajstić information content (AvgIpc) is 2.78. The summed E-state index contributed by atoms with van der Waals surface area (Å²) in [5.41, 5.74) is 4.39. The lowest BCUT2D eigenvalue weighted by Crippen LogP contribution is -2.01. The van der Waals surface area contributed by atoms with Gasteiger partial charge in [0, 0.05) is 5.69 Å². The molecule has 3 rings (SSSR count). The van der Waals surface area contributed by atoms with Crippen molar-refractivity contribution in [2.24, 2.45) is 0 Å². The topological polar surface area (TPSA) is 17.8 Å². The van der Waals surface area contributed by atoms with Gasteiger partial charge in [0.05, 0.1) is 16.4 Å². The minimum absolute atomic E-state index is 0.132. The van der Waals surface area contributed by atoms with Crippen LogP contribution in [0.3, 0.4) is 0 Å². The molecular formula is C16H15ClN2. The molecule has 2 nitrogen and oxygen atoms in total. The van der Waals surface area contributed by atoms with Gasteiger partial charge in [0.1, 0.15) is 5.82 Å². The number of fused-ring (bicyclic) bond motifs is 1. The predicted molar refractivity (Wildman–Crippen MR) is 80.1 cm³/mol. The molecule has 0 spiro atoms. The first-order valence-electron chi connectivity index (χ1n) is 6.35. The molecule has 1 aromatic heterocycles. The molecule has 1 unspecified atom stereocenters. The van der Waals surface area contributed by atoms with E-state index >= 15 is 0 Å². The second kappa shape index (κ2) is 4.71. The molecule has 96 valence electrons. The number of aryl methyl sites for hydroxylation is 1. The van der Waals surface area contributed by atoms with E-state index in [1.165, 1.54) is 5.56 Å². The van der Waals surface area contributed by atoms with Crippen LogP contribution in [0.2, 0.25) is 0 Å². The Morgan fingerprint density at radius 2 is 1.84 bits per heavy atom. The maximum absolute atomic E-state index is 6.29. The van der Waals surface area contributed by atoms with Crippen LogP contribution in [0, 0.1) is 6.92 Å². The summed E-state index contributed by atoms with van der Waals surface area (Å²) in [6, 6.07) is 16.5. The lowest BCUT2D eigenvalue weighted by Gasteiger charge is -2.10. The minimum atomic E-state index is -0.132. The zero-order chi connectivity index (χ0) is 13.4. The molecule has 0 fully saturated rings. The number of nitrogens with zero attached hydrogens (tertiary/aromatic N) is 2. The Kier molecular flexibility index (Phi) is 3.03. The third kappa shape index (κ3) is 2.13. The van der Waals surface area contributed by atoms with Gasteiger partial charge in [-0.05, 0) is 43.7 Å². The number of imidazole rings is 1. The summed E-state index contributed by atoms with van der Waals surface area (Å²) in [5, 5.41) is -0.132. The fraction of sp³-hybridized carbons (Fsp3) is 0.188. The monoisotopic (exact) mass is 270 g/mol. The van der Waals surface area contributed by atoms with E-state index in [2.05, 4.69) is 46.8 Å². The first kappa shape index (κ1) is 12.2. The highest BCUT2D eigenvalue weighted by atomic mass is 35.5. The van der Waals surface area contributed by atoms with E-state index in [0.29, 0.717) is 0 Å². The average molecular weight is 271 g/mol. The maximum atomic E-state index is 6.29. The normalized spacial score (nSPS) is 12.8. The van der Waals surface area contributed by atoms with E-state index in [4.69, 9.17) is 11.6 Å². The molecule has 0 bridgehead atoms. The van der Waals surface area contributed by atoms with Crippen molar-refractivity contribution in [3.63, 3.8) is 0 Å². The first-order valence-corrected chi connectivity index (χ1v) is 6.79. The molecule has 0 aliphatic heterocycles. The fourth-order valence-electron chi connectivity index (χ4n) is 2.32. The first-order chi connectivity index (χ1) is 9.16. The van der Waals surface area contributed by atoms with E-state index in [9.17, 15) is 0 Å². The van der Waals surface area contributed by atoms with Crippen LogP contribution >= 0.6 is 11.6 Å². The quantitative estimate of drug-likeness (QED) is 0.621. The Morgan fingerprint density at radius 1 is 1.11 bits per heavy atom. The van der Waals surface area contributed by atoms with Crippen molar-refractivity contribution < 1.29 is 0 Å². The fourth-order valence-corrected chi connectivity index (χ4v) is 2.47. The van der Waals surface area contributed by atoms with Crippen LogP contribution in [-0.2, 0) is 0 Å². The predicted octanol–water partition coefficient (Wildman–Crippen LogP) is 4.63. The smallest absolute Gasteiger partial charge is 0.132 e. The number of rotatable bonds is 2. The van der Waals surface area contributed by atoms with Gasteiger partial charge in [-0.3, -0.25) is 4.57 Å². The number of hydrogen-bond acceptors (Lipinski definition) is 1. The second-order valence-electron chi connectivity index (χ2n) is 4.75. The van der Waals surface area contributed by atoms with Gasteiger partial charge in [-0.1, -0.05) is 24.3 Å². The summed E-state index contributed by atoms with van der Waals surface area (Å²) in [5.74, 6) is 0.883. The highest BCUT2D eigenvalue weighted by Crippen LogP contribution is 2.28. The number of aromatic nitrogens is 2. The molecule has 3 aromatic rings. The molecule has 1 atom stereocenters. The molecule has 19 heavy (non-hydrogen) atoms. The largest absolute Gasteiger partial charge is 0.295 e. The van der Waals surface area contributed by atoms with Gasteiger partial charge in [-0.15, -0.1) is 11.6 Å². The SMILES string of the molecule is Cc1ccc2c(c1)nc(C(C)Cl)n2-c1ccccc1. The molecule has 0 aliphatic rings. The van der Waals surface area contributed by atoms with Crippen molar-refractivity contribution in [1.82, 2.24) is 9.55 Å². The van der Waals surface area contributed by atoms with Gasteiger partial charge < -0.3 is 0 Å². The molecular weight excluding hydrogens is 256 g/mol. The van der Waals surface area contributed by atoms with Gasteiger partial charge >= 0.3 is 0 Å². The second-order valence-corrected chi connectivity index (χ2v) is 5.40. The van der Waals surface area contributed by atoms with Gasteiger partial charge in [-0.25, -0.2) is 4.98 Å². The van der Waals surface area contributed by atoms with Crippen molar-refractivity contribution in [1.29, 1.82) is 0 Å². The summed E-state index contributed by atoms with van der Waals surface area (Å²) in [7, 11) is 0. The lowest BCUT2D eigenvalue weighted by molar-refractivity contribution is 0.882. The molecule has 0 saturated carbocycles. The summed E-state index contributed by atoms with van der Waals surface area (Å²) in [6.07, 6.45) is 0. The third-order valence-electron chi connectivity index (χ3n) is 3.21. The molecule has 0 N–H and O–H groups in total. The highest BCUT2D eigenvalue weighted by molar-refractivity contribution is 6.20. The van der Waals surface area contributed by atoms with E-state index in [1.807, 2.05) is 25.1 Å². The highest BCUT2D eigenvalue weighted by Gasteiger charge is 2.15. The number of alkyl halides is 1. The van der Waals surface area contributed by atoms with Crippen LogP contribution in [0.15, 0.2) is 48.5 Å². The van der Waals surface area contributed by atoms with Crippen LogP contribution in [0.5, 0.6) is 0 Å². The molecule has 3 heteroatoms. The van der Waals surface area contributed by atoms with E-state index in [-0.39, 0.29) is 5.38 Å². The van der Waals surface area contributed by atoms with Gasteiger partial charge in [0.25, 0.3) is 0 Å². The third-order valence-corrected chi connectivity index (χ3v) is 3.40. The van der Waals surface area contributed by atoms with Crippen molar-refractivity contribution in [2.45, 2.75) is 19.2 Å². The van der Waals surface area contributed by atoms with Gasteiger partial charge in [-0.2, -0.15) is 0 Å². The van der Waals surface area contributed by atoms with Crippen LogP contribution < -0.4 is 0 Å². The van der Waals surface area contributed by atoms with Crippen LogP contribution in [0.4, 0.5) is 0 Å². The Morgan fingerprint density at radius 3 is 2.53 bits per heavy atom. The summed E-state index contributed by atoms with van der Waals surface area (Å²) < 4.78 is 2.13. The van der Waals surface area contributed by atoms with E-state index in [0.717, 1.165) is 22.5 Å². The van der Waals surface area contributed by atoms with Gasteiger partial charge in [0.15, 0.2) is 0 Å². The van der Waals surface area contributed by atoms with Crippen molar-refractivity contribution in [3.8, 4) is 5.69 Å². The van der Waals surface area contributed by atoms with Crippen molar-refractivity contribution >= 4 is 22.6 Å². The van der Waals surface area contributed by atoms with E-state index in [1.54, 1.807) is 0 Å². The molecule has 0 aliphatic carbocycles. The summed E-state index contributed by atoms with van der Waals surface area (Å²) in [4.78, 5) is 4.68. The zero-order valence-corrected chi connectivity index (χ0v) is 11.7. The molecule has 0 saturated heterocycles. The number of hydrogen-bond donors (Lipinski definition) is 0. The molecule has 0 radical (unpaired) electrons. The Labute approximate surface area is 117 Å².